The summed E-state index contributed by atoms with van der Waals surface area (Å²) in [5.41, 5.74) is 2.17. The molecule has 0 bridgehead atoms. The van der Waals surface area contributed by atoms with Gasteiger partial charge in [0.25, 0.3) is 0 Å². The SMILES string of the molecule is O=C(O)c1ccc2[nH]nc(-c3cncc(N[C@@H]4CCCNC4)n3)c2c1. The van der Waals surface area contributed by atoms with E-state index in [-0.39, 0.29) is 5.56 Å². The zero-order valence-corrected chi connectivity index (χ0v) is 13.5. The molecule has 128 valence electrons. The standard InChI is InChI=1S/C17H18N6O2/c24-17(25)10-3-4-13-12(6-10)16(23-22-13)14-8-19-9-15(21-14)20-11-2-1-5-18-7-11/h3-4,6,8-9,11,18H,1-2,5,7H2,(H,20,21)(H,22,23)(H,24,25)/t11-/m1/s1. The number of aromatic carboxylic acids is 1. The number of rotatable bonds is 4. The molecule has 1 saturated heterocycles. The lowest BCUT2D eigenvalue weighted by molar-refractivity contribution is 0.0697. The van der Waals surface area contributed by atoms with Crippen LogP contribution in [0.4, 0.5) is 5.82 Å². The lowest BCUT2D eigenvalue weighted by Crippen LogP contribution is -2.38. The summed E-state index contributed by atoms with van der Waals surface area (Å²) in [6.07, 6.45) is 5.54. The average Bonchev–Trinajstić information content (AvgIpc) is 3.06. The van der Waals surface area contributed by atoms with Crippen LogP contribution in [0.3, 0.4) is 0 Å². The lowest BCUT2D eigenvalue weighted by atomic mass is 10.1. The van der Waals surface area contributed by atoms with Crippen LogP contribution in [0.25, 0.3) is 22.3 Å². The fraction of sp³-hybridized carbons (Fsp3) is 0.294. The van der Waals surface area contributed by atoms with E-state index in [1.165, 1.54) is 0 Å². The Kier molecular flexibility index (Phi) is 4.02. The van der Waals surface area contributed by atoms with Gasteiger partial charge in [-0.15, -0.1) is 0 Å². The summed E-state index contributed by atoms with van der Waals surface area (Å²) in [5.74, 6) is -0.280. The molecule has 0 radical (unpaired) electrons. The number of hydrogen-bond acceptors (Lipinski definition) is 6. The zero-order chi connectivity index (χ0) is 17.2. The highest BCUT2D eigenvalue weighted by atomic mass is 16.4. The van der Waals surface area contributed by atoms with Crippen LogP contribution in [-0.2, 0) is 0 Å². The Bertz CT molecular complexity index is 916. The Morgan fingerprint density at radius 3 is 3.04 bits per heavy atom. The molecule has 3 aromatic rings. The van der Waals surface area contributed by atoms with Gasteiger partial charge in [-0.05, 0) is 37.6 Å². The van der Waals surface area contributed by atoms with Crippen molar-refractivity contribution in [1.82, 2.24) is 25.5 Å². The van der Waals surface area contributed by atoms with E-state index in [1.54, 1.807) is 30.6 Å². The van der Waals surface area contributed by atoms with Crippen LogP contribution in [0.15, 0.2) is 30.6 Å². The van der Waals surface area contributed by atoms with Gasteiger partial charge in [-0.3, -0.25) is 10.1 Å². The Balaban J connectivity index is 1.67. The van der Waals surface area contributed by atoms with Gasteiger partial charge in [-0.25, -0.2) is 9.78 Å². The predicted octanol–water partition coefficient (Wildman–Crippen LogP) is 1.88. The molecule has 8 heteroatoms. The van der Waals surface area contributed by atoms with Gasteiger partial charge in [0.05, 0.1) is 23.5 Å². The molecule has 3 heterocycles. The number of carbonyl (C=O) groups is 1. The summed E-state index contributed by atoms with van der Waals surface area (Å²) in [7, 11) is 0. The van der Waals surface area contributed by atoms with Crippen LogP contribution in [-0.4, -0.2) is 50.4 Å². The van der Waals surface area contributed by atoms with Gasteiger partial charge in [0.1, 0.15) is 17.2 Å². The lowest BCUT2D eigenvalue weighted by Gasteiger charge is -2.24. The maximum Gasteiger partial charge on any atom is 0.335 e. The van der Waals surface area contributed by atoms with E-state index in [4.69, 9.17) is 0 Å². The molecule has 0 saturated carbocycles. The second-order valence-corrected chi connectivity index (χ2v) is 6.11. The van der Waals surface area contributed by atoms with Crippen LogP contribution in [0, 0.1) is 0 Å². The van der Waals surface area contributed by atoms with Gasteiger partial charge in [-0.1, -0.05) is 0 Å². The van der Waals surface area contributed by atoms with Gasteiger partial charge in [0, 0.05) is 18.0 Å². The van der Waals surface area contributed by atoms with Gasteiger partial charge < -0.3 is 15.7 Å². The van der Waals surface area contributed by atoms with Crippen molar-refractivity contribution in [3.63, 3.8) is 0 Å². The van der Waals surface area contributed by atoms with Gasteiger partial charge in [-0.2, -0.15) is 5.10 Å². The Morgan fingerprint density at radius 2 is 2.24 bits per heavy atom. The normalized spacial score (nSPS) is 17.5. The van der Waals surface area contributed by atoms with Crippen molar-refractivity contribution in [2.45, 2.75) is 18.9 Å². The van der Waals surface area contributed by atoms with Crippen molar-refractivity contribution in [3.8, 4) is 11.4 Å². The number of anilines is 1. The largest absolute Gasteiger partial charge is 0.478 e. The summed E-state index contributed by atoms with van der Waals surface area (Å²) < 4.78 is 0. The molecule has 0 amide bonds. The summed E-state index contributed by atoms with van der Waals surface area (Å²) in [5, 5.41) is 23.9. The van der Waals surface area contributed by atoms with Gasteiger partial charge in [0.2, 0.25) is 0 Å². The van der Waals surface area contributed by atoms with E-state index in [0.717, 1.165) is 31.4 Å². The van der Waals surface area contributed by atoms with E-state index in [1.807, 2.05) is 0 Å². The smallest absolute Gasteiger partial charge is 0.335 e. The Hall–Kier alpha value is -3.00. The van der Waals surface area contributed by atoms with Crippen LogP contribution >= 0.6 is 0 Å². The van der Waals surface area contributed by atoms with E-state index >= 15 is 0 Å². The Morgan fingerprint density at radius 1 is 1.32 bits per heavy atom. The van der Waals surface area contributed by atoms with E-state index in [2.05, 4.69) is 30.8 Å². The molecule has 0 aliphatic carbocycles. The Labute approximate surface area is 143 Å². The monoisotopic (exact) mass is 338 g/mol. The molecule has 2 aromatic heterocycles. The van der Waals surface area contributed by atoms with E-state index in [9.17, 15) is 9.90 Å². The van der Waals surface area contributed by atoms with Crippen molar-refractivity contribution in [2.75, 3.05) is 18.4 Å². The van der Waals surface area contributed by atoms with Crippen molar-refractivity contribution in [1.29, 1.82) is 0 Å². The minimum absolute atomic E-state index is 0.214. The molecule has 0 unspecified atom stereocenters. The number of carboxylic acids is 1. The number of H-pyrrole nitrogens is 1. The minimum Gasteiger partial charge on any atom is -0.478 e. The molecule has 0 spiro atoms. The second-order valence-electron chi connectivity index (χ2n) is 6.11. The first kappa shape index (κ1) is 15.5. The number of carboxylic acid groups (broad SMARTS) is 1. The maximum absolute atomic E-state index is 11.2. The quantitative estimate of drug-likeness (QED) is 0.574. The topological polar surface area (TPSA) is 116 Å². The van der Waals surface area contributed by atoms with E-state index in [0.29, 0.717) is 28.6 Å². The summed E-state index contributed by atoms with van der Waals surface area (Å²) in [6.45, 7) is 1.95. The fourth-order valence-corrected chi connectivity index (χ4v) is 3.08. The fourth-order valence-electron chi connectivity index (χ4n) is 3.08. The molecule has 1 fully saturated rings. The number of nitrogens with one attached hydrogen (secondary N) is 3. The van der Waals surface area contributed by atoms with Gasteiger partial charge in [0.15, 0.2) is 0 Å². The summed E-state index contributed by atoms with van der Waals surface area (Å²) >= 11 is 0. The molecule has 1 aliphatic heterocycles. The molecule has 1 atom stereocenters. The maximum atomic E-state index is 11.2. The second kappa shape index (κ2) is 6.48. The number of hydrogen-bond donors (Lipinski definition) is 4. The first-order valence-electron chi connectivity index (χ1n) is 8.22. The highest BCUT2D eigenvalue weighted by Crippen LogP contribution is 2.26. The average molecular weight is 338 g/mol. The highest BCUT2D eigenvalue weighted by Gasteiger charge is 2.16. The van der Waals surface area contributed by atoms with Crippen LogP contribution in [0.5, 0.6) is 0 Å². The predicted molar refractivity (Wildman–Crippen MR) is 93.6 cm³/mol. The summed E-state index contributed by atoms with van der Waals surface area (Å²) in [4.78, 5) is 20.1. The number of piperidine rings is 1. The van der Waals surface area contributed by atoms with Crippen molar-refractivity contribution in [3.05, 3.63) is 36.2 Å². The number of benzene rings is 1. The third kappa shape index (κ3) is 3.16. The number of fused-ring (bicyclic) bond motifs is 1. The van der Waals surface area contributed by atoms with Crippen molar-refractivity contribution in [2.24, 2.45) is 0 Å². The molecule has 25 heavy (non-hydrogen) atoms. The molecular weight excluding hydrogens is 320 g/mol. The van der Waals surface area contributed by atoms with Crippen LogP contribution < -0.4 is 10.6 Å². The van der Waals surface area contributed by atoms with Crippen LogP contribution in [0.1, 0.15) is 23.2 Å². The molecule has 1 aliphatic rings. The zero-order valence-electron chi connectivity index (χ0n) is 13.5. The molecule has 4 N–H and O–H groups in total. The van der Waals surface area contributed by atoms with Crippen LogP contribution in [0.2, 0.25) is 0 Å². The molecule has 1 aromatic carbocycles. The number of aromatic amines is 1. The number of aromatic nitrogens is 4. The minimum atomic E-state index is -0.972. The van der Waals surface area contributed by atoms with E-state index < -0.39 is 5.97 Å². The summed E-state index contributed by atoms with van der Waals surface area (Å²) in [6, 6.07) is 5.18. The third-order valence-corrected chi connectivity index (χ3v) is 4.34. The first-order chi connectivity index (χ1) is 12.2. The molecule has 4 rings (SSSR count). The van der Waals surface area contributed by atoms with Crippen molar-refractivity contribution >= 4 is 22.7 Å². The molecule has 8 nitrogen and oxygen atoms in total. The third-order valence-electron chi connectivity index (χ3n) is 4.34. The van der Waals surface area contributed by atoms with Gasteiger partial charge >= 0.3 is 5.97 Å². The van der Waals surface area contributed by atoms with Crippen molar-refractivity contribution < 1.29 is 9.90 Å². The highest BCUT2D eigenvalue weighted by molar-refractivity contribution is 5.98. The molecular formula is C17H18N6O2. The number of nitrogens with zero attached hydrogens (tertiary/aromatic N) is 3. The first-order valence-corrected chi connectivity index (χ1v) is 8.22.